The molecular weight excluding hydrogens is 297 g/mol. The third-order valence-corrected chi connectivity index (χ3v) is 3.11. The number of alkyl halides is 3. The Labute approximate surface area is 122 Å². The first-order valence-electron chi connectivity index (χ1n) is 6.31. The molecule has 3 nitrogen and oxygen atoms in total. The van der Waals surface area contributed by atoms with E-state index in [1.165, 1.54) is 6.26 Å². The number of carbonyl (C=O) groups is 1. The number of ether oxygens (including phenoxy) is 1. The van der Waals surface area contributed by atoms with E-state index in [2.05, 4.69) is 0 Å². The van der Waals surface area contributed by atoms with Crippen LogP contribution in [0.5, 0.6) is 5.75 Å². The van der Waals surface area contributed by atoms with Crippen LogP contribution in [0.1, 0.15) is 15.9 Å². The second kappa shape index (κ2) is 5.22. The van der Waals surface area contributed by atoms with Crippen molar-refractivity contribution >= 4 is 16.9 Å². The highest BCUT2D eigenvalue weighted by molar-refractivity contribution is 6.03. The van der Waals surface area contributed by atoms with Gasteiger partial charge in [0.1, 0.15) is 11.3 Å². The van der Waals surface area contributed by atoms with Gasteiger partial charge in [0.05, 0.1) is 17.4 Å². The van der Waals surface area contributed by atoms with Gasteiger partial charge < -0.3 is 9.15 Å². The highest BCUT2D eigenvalue weighted by Gasteiger charge is 2.30. The number of hydrogen-bond acceptors (Lipinski definition) is 3. The van der Waals surface area contributed by atoms with Gasteiger partial charge in [-0.3, -0.25) is 0 Å². The minimum Gasteiger partial charge on any atom is -0.464 e. The highest BCUT2D eigenvalue weighted by Crippen LogP contribution is 2.30. The molecule has 0 aliphatic heterocycles. The fourth-order valence-electron chi connectivity index (χ4n) is 2.05. The Kier molecular flexibility index (Phi) is 3.36. The summed E-state index contributed by atoms with van der Waals surface area (Å²) in [7, 11) is 0. The second-order valence-corrected chi connectivity index (χ2v) is 4.55. The van der Waals surface area contributed by atoms with Gasteiger partial charge in [0, 0.05) is 5.39 Å². The zero-order valence-corrected chi connectivity index (χ0v) is 11.1. The number of carbonyl (C=O) groups excluding carboxylic acids is 1. The molecule has 0 spiro atoms. The number of rotatable bonds is 2. The molecule has 1 aromatic heterocycles. The summed E-state index contributed by atoms with van der Waals surface area (Å²) in [6.45, 7) is 0. The number of halogens is 3. The topological polar surface area (TPSA) is 39.4 Å². The molecule has 22 heavy (non-hydrogen) atoms. The lowest BCUT2D eigenvalue weighted by atomic mass is 10.1. The fourth-order valence-corrected chi connectivity index (χ4v) is 2.05. The lowest BCUT2D eigenvalue weighted by Crippen LogP contribution is -2.09. The van der Waals surface area contributed by atoms with Gasteiger partial charge in [0.25, 0.3) is 0 Å². The van der Waals surface area contributed by atoms with Crippen molar-refractivity contribution in [3.05, 3.63) is 65.9 Å². The Morgan fingerprint density at radius 1 is 1.00 bits per heavy atom. The lowest BCUT2D eigenvalue weighted by Gasteiger charge is -2.08. The van der Waals surface area contributed by atoms with E-state index in [0.29, 0.717) is 11.0 Å². The molecule has 3 aromatic rings. The van der Waals surface area contributed by atoms with E-state index in [1.54, 1.807) is 24.3 Å². The van der Waals surface area contributed by atoms with Gasteiger partial charge in [-0.25, -0.2) is 4.79 Å². The van der Waals surface area contributed by atoms with Gasteiger partial charge in [0.15, 0.2) is 0 Å². The van der Waals surface area contributed by atoms with Gasteiger partial charge in [-0.05, 0) is 42.5 Å². The van der Waals surface area contributed by atoms with Gasteiger partial charge in [-0.2, -0.15) is 13.2 Å². The maximum absolute atomic E-state index is 12.5. The lowest BCUT2D eigenvalue weighted by molar-refractivity contribution is -0.137. The SMILES string of the molecule is O=C(Oc1ccc(C(F)(F)F)cc1)c1cccc2occc12. The summed E-state index contributed by atoms with van der Waals surface area (Å²) in [4.78, 5) is 12.1. The summed E-state index contributed by atoms with van der Waals surface area (Å²) in [5.74, 6) is -0.620. The van der Waals surface area contributed by atoms with Crippen LogP contribution in [0.4, 0.5) is 13.2 Å². The van der Waals surface area contributed by atoms with E-state index in [9.17, 15) is 18.0 Å². The number of hydrogen-bond donors (Lipinski definition) is 0. The first-order valence-corrected chi connectivity index (χ1v) is 6.31. The average Bonchev–Trinajstić information content (AvgIpc) is 2.95. The summed E-state index contributed by atoms with van der Waals surface area (Å²) >= 11 is 0. The van der Waals surface area contributed by atoms with Crippen LogP contribution in [-0.2, 0) is 6.18 Å². The molecule has 0 unspecified atom stereocenters. The fraction of sp³-hybridized carbons (Fsp3) is 0.0625. The first-order chi connectivity index (χ1) is 10.4. The predicted molar refractivity (Wildman–Crippen MR) is 72.6 cm³/mol. The summed E-state index contributed by atoms with van der Waals surface area (Å²) in [5.41, 5.74) is 0.0113. The Hall–Kier alpha value is -2.76. The van der Waals surface area contributed by atoms with Crippen molar-refractivity contribution in [1.29, 1.82) is 0 Å². The summed E-state index contributed by atoms with van der Waals surface area (Å²) in [6.07, 6.45) is -2.98. The van der Waals surface area contributed by atoms with Crippen molar-refractivity contribution in [2.45, 2.75) is 6.18 Å². The van der Waals surface area contributed by atoms with Crippen molar-refractivity contribution in [3.8, 4) is 5.75 Å². The zero-order chi connectivity index (χ0) is 15.7. The molecular formula is C16H9F3O3. The average molecular weight is 306 g/mol. The molecule has 0 aliphatic rings. The largest absolute Gasteiger partial charge is 0.464 e. The Bertz CT molecular complexity index is 817. The predicted octanol–water partition coefficient (Wildman–Crippen LogP) is 4.67. The zero-order valence-electron chi connectivity index (χ0n) is 11.1. The van der Waals surface area contributed by atoms with Crippen molar-refractivity contribution < 1.29 is 27.1 Å². The Balaban J connectivity index is 1.84. The van der Waals surface area contributed by atoms with E-state index in [0.717, 1.165) is 24.3 Å². The minimum atomic E-state index is -4.43. The molecule has 0 saturated carbocycles. The standard InChI is InChI=1S/C16H9F3O3/c17-16(18,19)10-4-6-11(7-5-10)22-15(20)13-2-1-3-14-12(13)8-9-21-14/h1-9H. The van der Waals surface area contributed by atoms with Crippen molar-refractivity contribution in [3.63, 3.8) is 0 Å². The maximum Gasteiger partial charge on any atom is 0.416 e. The Morgan fingerprint density at radius 3 is 2.41 bits per heavy atom. The molecule has 0 fully saturated rings. The molecule has 1 heterocycles. The van der Waals surface area contributed by atoms with E-state index < -0.39 is 17.7 Å². The van der Waals surface area contributed by atoms with E-state index in [-0.39, 0.29) is 11.3 Å². The molecule has 0 radical (unpaired) electrons. The van der Waals surface area contributed by atoms with Crippen molar-refractivity contribution in [2.24, 2.45) is 0 Å². The van der Waals surface area contributed by atoms with Crippen LogP contribution in [0.15, 0.2) is 59.2 Å². The van der Waals surface area contributed by atoms with E-state index in [4.69, 9.17) is 9.15 Å². The highest BCUT2D eigenvalue weighted by atomic mass is 19.4. The quantitative estimate of drug-likeness (QED) is 0.510. The second-order valence-electron chi connectivity index (χ2n) is 4.55. The molecule has 0 saturated heterocycles. The molecule has 0 amide bonds. The first kappa shape index (κ1) is 14.2. The molecule has 0 atom stereocenters. The molecule has 2 aromatic carbocycles. The summed E-state index contributed by atoms with van der Waals surface area (Å²) in [6, 6.07) is 10.5. The van der Waals surface area contributed by atoms with Crippen LogP contribution in [0.3, 0.4) is 0 Å². The van der Waals surface area contributed by atoms with E-state index in [1.807, 2.05) is 0 Å². The number of furan rings is 1. The van der Waals surface area contributed by atoms with Crippen LogP contribution >= 0.6 is 0 Å². The molecule has 112 valence electrons. The van der Waals surface area contributed by atoms with Crippen LogP contribution < -0.4 is 4.74 Å². The number of fused-ring (bicyclic) bond motifs is 1. The van der Waals surface area contributed by atoms with Crippen LogP contribution in [0.25, 0.3) is 11.0 Å². The Morgan fingerprint density at radius 2 is 1.73 bits per heavy atom. The molecule has 6 heteroatoms. The van der Waals surface area contributed by atoms with E-state index >= 15 is 0 Å². The maximum atomic E-state index is 12.5. The molecule has 0 N–H and O–H groups in total. The normalized spacial score (nSPS) is 11.6. The van der Waals surface area contributed by atoms with Crippen LogP contribution in [0, 0.1) is 0 Å². The smallest absolute Gasteiger partial charge is 0.416 e. The summed E-state index contributed by atoms with van der Waals surface area (Å²) in [5, 5.41) is 0.583. The van der Waals surface area contributed by atoms with Gasteiger partial charge in [0.2, 0.25) is 0 Å². The number of esters is 1. The third-order valence-electron chi connectivity index (χ3n) is 3.11. The van der Waals surface area contributed by atoms with Crippen LogP contribution in [0.2, 0.25) is 0 Å². The van der Waals surface area contributed by atoms with Gasteiger partial charge in [-0.15, -0.1) is 0 Å². The van der Waals surface area contributed by atoms with Crippen molar-refractivity contribution in [1.82, 2.24) is 0 Å². The number of benzene rings is 2. The summed E-state index contributed by atoms with van der Waals surface area (Å²) < 4.78 is 47.7. The molecule has 3 rings (SSSR count). The monoisotopic (exact) mass is 306 g/mol. The minimum absolute atomic E-state index is 0.0403. The van der Waals surface area contributed by atoms with Crippen molar-refractivity contribution in [2.75, 3.05) is 0 Å². The van der Waals surface area contributed by atoms with Gasteiger partial charge in [-0.1, -0.05) is 6.07 Å². The third kappa shape index (κ3) is 2.67. The van der Waals surface area contributed by atoms with Crippen LogP contribution in [-0.4, -0.2) is 5.97 Å². The molecule has 0 bridgehead atoms. The molecule has 0 aliphatic carbocycles. The van der Waals surface area contributed by atoms with Gasteiger partial charge >= 0.3 is 12.1 Å².